The summed E-state index contributed by atoms with van der Waals surface area (Å²) in [7, 11) is 0. The fourth-order valence-corrected chi connectivity index (χ4v) is 2.19. The fraction of sp³-hybridized carbons (Fsp3) is 0.0769. The van der Waals surface area contributed by atoms with Gasteiger partial charge < -0.3 is 10.1 Å². The first-order valence-corrected chi connectivity index (χ1v) is 5.53. The molecular formula is C13H11N3O2. The molecule has 0 saturated carbocycles. The predicted octanol–water partition coefficient (Wildman–Crippen LogP) is 2.56. The maximum Gasteiger partial charge on any atom is 0.357 e. The average molecular weight is 241 g/mol. The highest BCUT2D eigenvalue weighted by molar-refractivity contribution is 6.02. The van der Waals surface area contributed by atoms with E-state index in [2.05, 4.69) is 15.2 Å². The van der Waals surface area contributed by atoms with E-state index in [-0.39, 0.29) is 5.69 Å². The molecule has 3 aromatic rings. The lowest BCUT2D eigenvalue weighted by atomic mass is 10.0. The van der Waals surface area contributed by atoms with E-state index in [9.17, 15) is 4.79 Å². The number of carboxylic acid groups (broad SMARTS) is 1. The lowest BCUT2D eigenvalue weighted by Gasteiger charge is -1.99. The third-order valence-corrected chi connectivity index (χ3v) is 3.01. The minimum atomic E-state index is -1.03. The monoisotopic (exact) mass is 241 g/mol. The van der Waals surface area contributed by atoms with Crippen LogP contribution in [0.25, 0.3) is 22.0 Å². The zero-order valence-electron chi connectivity index (χ0n) is 9.69. The molecule has 3 rings (SSSR count). The number of aryl methyl sites for hydroxylation is 1. The summed E-state index contributed by atoms with van der Waals surface area (Å²) < 4.78 is 0. The molecule has 0 aliphatic heterocycles. The molecule has 2 heterocycles. The first-order valence-electron chi connectivity index (χ1n) is 5.53. The van der Waals surface area contributed by atoms with Crippen LogP contribution in [0.2, 0.25) is 0 Å². The molecule has 1 aromatic carbocycles. The van der Waals surface area contributed by atoms with Crippen molar-refractivity contribution in [2.75, 3.05) is 0 Å². The van der Waals surface area contributed by atoms with Crippen LogP contribution in [0.4, 0.5) is 0 Å². The Morgan fingerprint density at radius 2 is 2.11 bits per heavy atom. The van der Waals surface area contributed by atoms with Gasteiger partial charge >= 0.3 is 5.97 Å². The molecule has 0 spiro atoms. The largest absolute Gasteiger partial charge is 0.476 e. The average Bonchev–Trinajstić information content (AvgIpc) is 2.92. The van der Waals surface area contributed by atoms with Gasteiger partial charge in [-0.25, -0.2) is 4.79 Å². The molecule has 5 heteroatoms. The van der Waals surface area contributed by atoms with Gasteiger partial charge in [0, 0.05) is 33.9 Å². The molecule has 0 aliphatic rings. The summed E-state index contributed by atoms with van der Waals surface area (Å²) in [5.74, 6) is -1.03. The summed E-state index contributed by atoms with van der Waals surface area (Å²) in [6.07, 6.45) is 1.81. The molecule has 0 saturated heterocycles. The molecule has 0 amide bonds. The number of para-hydroxylation sites is 1. The second-order valence-corrected chi connectivity index (χ2v) is 4.13. The van der Waals surface area contributed by atoms with Gasteiger partial charge in [-0.2, -0.15) is 5.10 Å². The first-order chi connectivity index (χ1) is 8.68. The van der Waals surface area contributed by atoms with Crippen molar-refractivity contribution in [2.45, 2.75) is 6.92 Å². The molecule has 18 heavy (non-hydrogen) atoms. The van der Waals surface area contributed by atoms with Crippen LogP contribution >= 0.6 is 0 Å². The lowest BCUT2D eigenvalue weighted by molar-refractivity contribution is 0.0691. The Morgan fingerprint density at radius 1 is 1.33 bits per heavy atom. The summed E-state index contributed by atoms with van der Waals surface area (Å²) >= 11 is 0. The Kier molecular flexibility index (Phi) is 2.19. The number of carboxylic acids is 1. The van der Waals surface area contributed by atoms with Crippen LogP contribution in [0.1, 0.15) is 16.2 Å². The number of aromatic carboxylic acids is 1. The summed E-state index contributed by atoms with van der Waals surface area (Å²) in [5.41, 5.74) is 3.27. The number of H-pyrrole nitrogens is 2. The van der Waals surface area contributed by atoms with Gasteiger partial charge in [-0.05, 0) is 13.0 Å². The van der Waals surface area contributed by atoms with E-state index in [0.29, 0.717) is 5.56 Å². The van der Waals surface area contributed by atoms with Gasteiger partial charge in [-0.1, -0.05) is 18.2 Å². The molecular weight excluding hydrogens is 230 g/mol. The molecule has 0 bridgehead atoms. The number of hydrogen-bond acceptors (Lipinski definition) is 2. The normalized spacial score (nSPS) is 10.9. The molecule has 0 aliphatic carbocycles. The van der Waals surface area contributed by atoms with Crippen molar-refractivity contribution >= 4 is 16.9 Å². The van der Waals surface area contributed by atoms with E-state index in [1.54, 1.807) is 0 Å². The van der Waals surface area contributed by atoms with Crippen molar-refractivity contribution in [3.05, 3.63) is 41.9 Å². The van der Waals surface area contributed by atoms with Crippen molar-refractivity contribution in [1.29, 1.82) is 0 Å². The van der Waals surface area contributed by atoms with Gasteiger partial charge in [0.25, 0.3) is 0 Å². The molecule has 3 N–H and O–H groups in total. The van der Waals surface area contributed by atoms with Crippen LogP contribution in [0.5, 0.6) is 0 Å². The number of nitrogens with zero attached hydrogens (tertiary/aromatic N) is 1. The summed E-state index contributed by atoms with van der Waals surface area (Å²) in [6.45, 7) is 1.82. The Bertz CT molecular complexity index is 740. The van der Waals surface area contributed by atoms with Gasteiger partial charge in [0.1, 0.15) is 0 Å². The highest BCUT2D eigenvalue weighted by Crippen LogP contribution is 2.32. The van der Waals surface area contributed by atoms with Crippen molar-refractivity contribution in [3.8, 4) is 11.1 Å². The Hall–Kier alpha value is -2.56. The third-order valence-electron chi connectivity index (χ3n) is 3.01. The van der Waals surface area contributed by atoms with Crippen molar-refractivity contribution < 1.29 is 9.90 Å². The van der Waals surface area contributed by atoms with Crippen LogP contribution < -0.4 is 0 Å². The summed E-state index contributed by atoms with van der Waals surface area (Å²) in [4.78, 5) is 14.3. The highest BCUT2D eigenvalue weighted by atomic mass is 16.4. The highest BCUT2D eigenvalue weighted by Gasteiger charge is 2.20. The van der Waals surface area contributed by atoms with Gasteiger partial charge in [0.05, 0.1) is 0 Å². The number of benzene rings is 1. The van der Waals surface area contributed by atoms with E-state index < -0.39 is 5.97 Å². The SMILES string of the molecule is Cc1[nH]nc(C(=O)O)c1-c1c[nH]c2ccccc12. The smallest absolute Gasteiger partial charge is 0.357 e. The fourth-order valence-electron chi connectivity index (χ4n) is 2.19. The van der Waals surface area contributed by atoms with Gasteiger partial charge in [0.2, 0.25) is 0 Å². The predicted molar refractivity (Wildman–Crippen MR) is 67.6 cm³/mol. The molecule has 2 aromatic heterocycles. The molecule has 0 radical (unpaired) electrons. The van der Waals surface area contributed by atoms with Crippen molar-refractivity contribution in [3.63, 3.8) is 0 Å². The Labute approximate surface area is 102 Å². The summed E-state index contributed by atoms with van der Waals surface area (Å²) in [5, 5.41) is 16.7. The zero-order valence-corrected chi connectivity index (χ0v) is 9.69. The molecule has 0 unspecified atom stereocenters. The van der Waals surface area contributed by atoms with Gasteiger partial charge in [-0.15, -0.1) is 0 Å². The second-order valence-electron chi connectivity index (χ2n) is 4.13. The lowest BCUT2D eigenvalue weighted by Crippen LogP contribution is -1.98. The molecule has 0 atom stereocenters. The van der Waals surface area contributed by atoms with Crippen molar-refractivity contribution in [2.24, 2.45) is 0 Å². The van der Waals surface area contributed by atoms with Crippen LogP contribution in [-0.4, -0.2) is 26.3 Å². The third kappa shape index (κ3) is 1.41. The van der Waals surface area contributed by atoms with Gasteiger partial charge in [0.15, 0.2) is 5.69 Å². The maximum atomic E-state index is 11.2. The Balaban J connectivity index is 2.33. The number of hydrogen-bond donors (Lipinski definition) is 3. The zero-order chi connectivity index (χ0) is 12.7. The standard InChI is InChI=1S/C13H11N3O2/c1-7-11(12(13(17)18)16-15-7)9-6-14-10-5-3-2-4-8(9)10/h2-6,14H,1H3,(H,15,16)(H,17,18). The van der Waals surface area contributed by atoms with E-state index in [1.807, 2.05) is 37.4 Å². The van der Waals surface area contributed by atoms with Crippen LogP contribution in [0.3, 0.4) is 0 Å². The number of aromatic amines is 2. The quantitative estimate of drug-likeness (QED) is 0.644. The van der Waals surface area contributed by atoms with Crippen molar-refractivity contribution in [1.82, 2.24) is 15.2 Å². The number of rotatable bonds is 2. The summed E-state index contributed by atoms with van der Waals surface area (Å²) in [6, 6.07) is 7.77. The van der Waals surface area contributed by atoms with E-state index >= 15 is 0 Å². The van der Waals surface area contributed by atoms with Crippen LogP contribution in [0, 0.1) is 6.92 Å². The first kappa shape index (κ1) is 10.6. The van der Waals surface area contributed by atoms with E-state index in [1.165, 1.54) is 0 Å². The minimum absolute atomic E-state index is 0.0530. The molecule has 0 fully saturated rings. The molecule has 5 nitrogen and oxygen atoms in total. The van der Waals surface area contributed by atoms with Gasteiger partial charge in [-0.3, -0.25) is 5.10 Å². The number of carbonyl (C=O) groups is 1. The number of aromatic nitrogens is 3. The minimum Gasteiger partial charge on any atom is -0.476 e. The molecule has 90 valence electrons. The Morgan fingerprint density at radius 3 is 2.89 bits per heavy atom. The second kappa shape index (κ2) is 3.73. The topological polar surface area (TPSA) is 81.8 Å². The van der Waals surface area contributed by atoms with Crippen LogP contribution in [-0.2, 0) is 0 Å². The van der Waals surface area contributed by atoms with Crippen LogP contribution in [0.15, 0.2) is 30.5 Å². The number of fused-ring (bicyclic) bond motifs is 1. The van der Waals surface area contributed by atoms with E-state index in [4.69, 9.17) is 5.11 Å². The number of nitrogens with one attached hydrogen (secondary N) is 2. The van der Waals surface area contributed by atoms with E-state index in [0.717, 1.165) is 22.2 Å². The maximum absolute atomic E-state index is 11.2.